The molecule has 102 valence electrons. The standard InChI is InChI=1S/C15H26N2S/c1-16(2)11-7-12-17(3)13-8-14-18-15-9-5-4-6-10-15/h4-6,9-10H,7-8,11-14H2,1-3H3. The van der Waals surface area contributed by atoms with Gasteiger partial charge in [0.05, 0.1) is 0 Å². The Labute approximate surface area is 116 Å². The Hall–Kier alpha value is -0.510. The fourth-order valence-corrected chi connectivity index (χ4v) is 2.67. The van der Waals surface area contributed by atoms with Gasteiger partial charge in [-0.1, -0.05) is 18.2 Å². The van der Waals surface area contributed by atoms with Crippen LogP contribution in [-0.4, -0.2) is 56.3 Å². The van der Waals surface area contributed by atoms with E-state index in [1.54, 1.807) is 0 Å². The first-order valence-corrected chi connectivity index (χ1v) is 7.68. The third-order valence-corrected chi connectivity index (χ3v) is 3.94. The highest BCUT2D eigenvalue weighted by atomic mass is 32.2. The number of rotatable bonds is 9. The lowest BCUT2D eigenvalue weighted by atomic mass is 10.3. The molecule has 0 heterocycles. The summed E-state index contributed by atoms with van der Waals surface area (Å²) in [7, 11) is 6.50. The summed E-state index contributed by atoms with van der Waals surface area (Å²) in [4.78, 5) is 6.07. The Balaban J connectivity index is 2.00. The maximum absolute atomic E-state index is 2.44. The zero-order valence-corrected chi connectivity index (χ0v) is 12.7. The van der Waals surface area contributed by atoms with Crippen LogP contribution in [0.4, 0.5) is 0 Å². The molecule has 0 radical (unpaired) electrons. The Morgan fingerprint density at radius 2 is 1.56 bits per heavy atom. The Kier molecular flexibility index (Phi) is 8.14. The lowest BCUT2D eigenvalue weighted by Gasteiger charge is -2.17. The second-order valence-corrected chi connectivity index (χ2v) is 6.14. The zero-order valence-electron chi connectivity index (χ0n) is 11.9. The molecule has 0 spiro atoms. The molecule has 0 aromatic heterocycles. The van der Waals surface area contributed by atoms with Gasteiger partial charge in [0.1, 0.15) is 0 Å². The molecular weight excluding hydrogens is 240 g/mol. The number of thioether (sulfide) groups is 1. The molecule has 0 N–H and O–H groups in total. The normalized spacial score (nSPS) is 11.4. The molecule has 1 aromatic rings. The summed E-state index contributed by atoms with van der Waals surface area (Å²) in [6, 6.07) is 10.7. The van der Waals surface area contributed by atoms with Crippen LogP contribution in [0.5, 0.6) is 0 Å². The van der Waals surface area contributed by atoms with Gasteiger partial charge in [0.15, 0.2) is 0 Å². The van der Waals surface area contributed by atoms with E-state index < -0.39 is 0 Å². The number of hydrogen-bond acceptors (Lipinski definition) is 3. The topological polar surface area (TPSA) is 6.48 Å². The van der Waals surface area contributed by atoms with E-state index in [0.717, 1.165) is 0 Å². The van der Waals surface area contributed by atoms with E-state index in [9.17, 15) is 0 Å². The largest absolute Gasteiger partial charge is 0.309 e. The van der Waals surface area contributed by atoms with E-state index in [-0.39, 0.29) is 0 Å². The summed E-state index contributed by atoms with van der Waals surface area (Å²) >= 11 is 1.96. The number of nitrogens with zero attached hydrogens (tertiary/aromatic N) is 2. The predicted octanol–water partition coefficient (Wildman–Crippen LogP) is 3.05. The summed E-state index contributed by atoms with van der Waals surface area (Å²) in [5, 5.41) is 0. The van der Waals surface area contributed by atoms with Crippen molar-refractivity contribution >= 4 is 11.8 Å². The van der Waals surface area contributed by atoms with E-state index >= 15 is 0 Å². The van der Waals surface area contributed by atoms with Crippen LogP contribution in [0.1, 0.15) is 12.8 Å². The highest BCUT2D eigenvalue weighted by molar-refractivity contribution is 7.99. The van der Waals surface area contributed by atoms with E-state index in [1.807, 2.05) is 11.8 Å². The van der Waals surface area contributed by atoms with Crippen molar-refractivity contribution in [2.24, 2.45) is 0 Å². The van der Waals surface area contributed by atoms with Gasteiger partial charge in [-0.3, -0.25) is 0 Å². The minimum atomic E-state index is 1.18. The van der Waals surface area contributed by atoms with Gasteiger partial charge in [-0.15, -0.1) is 11.8 Å². The second-order valence-electron chi connectivity index (χ2n) is 4.98. The van der Waals surface area contributed by atoms with Crippen molar-refractivity contribution in [2.45, 2.75) is 17.7 Å². The molecule has 0 atom stereocenters. The van der Waals surface area contributed by atoms with Crippen molar-refractivity contribution in [3.8, 4) is 0 Å². The highest BCUT2D eigenvalue weighted by Gasteiger charge is 1.99. The molecule has 0 bridgehead atoms. The Bertz CT molecular complexity index is 301. The molecule has 0 unspecified atom stereocenters. The summed E-state index contributed by atoms with van der Waals surface area (Å²) < 4.78 is 0. The van der Waals surface area contributed by atoms with Gasteiger partial charge in [-0.25, -0.2) is 0 Å². The number of benzene rings is 1. The molecule has 2 nitrogen and oxygen atoms in total. The average Bonchev–Trinajstić information content (AvgIpc) is 2.35. The number of hydrogen-bond donors (Lipinski definition) is 0. The molecular formula is C15H26N2S. The van der Waals surface area contributed by atoms with Crippen molar-refractivity contribution in [3.05, 3.63) is 30.3 Å². The van der Waals surface area contributed by atoms with E-state index in [4.69, 9.17) is 0 Å². The van der Waals surface area contributed by atoms with Crippen molar-refractivity contribution in [1.82, 2.24) is 9.80 Å². The minimum Gasteiger partial charge on any atom is -0.309 e. The summed E-state index contributed by atoms with van der Waals surface area (Å²) in [6.07, 6.45) is 2.52. The van der Waals surface area contributed by atoms with Crippen molar-refractivity contribution in [2.75, 3.05) is 46.5 Å². The highest BCUT2D eigenvalue weighted by Crippen LogP contribution is 2.17. The fourth-order valence-electron chi connectivity index (χ4n) is 1.81. The smallest absolute Gasteiger partial charge is 0.00719 e. The van der Waals surface area contributed by atoms with Crippen molar-refractivity contribution in [3.63, 3.8) is 0 Å². The lowest BCUT2D eigenvalue weighted by molar-refractivity contribution is 0.301. The summed E-state index contributed by atoms with van der Waals surface area (Å²) in [6.45, 7) is 3.59. The van der Waals surface area contributed by atoms with E-state index in [1.165, 1.54) is 43.1 Å². The second kappa shape index (κ2) is 9.42. The molecule has 0 aliphatic rings. The minimum absolute atomic E-state index is 1.18. The van der Waals surface area contributed by atoms with Crippen LogP contribution in [0.2, 0.25) is 0 Å². The molecule has 0 amide bonds. The summed E-state index contributed by atoms with van der Waals surface area (Å²) in [5.74, 6) is 1.21. The molecule has 0 saturated carbocycles. The molecule has 0 fully saturated rings. The Morgan fingerprint density at radius 1 is 0.889 bits per heavy atom. The fraction of sp³-hybridized carbons (Fsp3) is 0.600. The molecule has 0 aliphatic carbocycles. The first-order chi connectivity index (χ1) is 8.68. The zero-order chi connectivity index (χ0) is 13.2. The predicted molar refractivity (Wildman–Crippen MR) is 82.5 cm³/mol. The molecule has 0 aliphatic heterocycles. The monoisotopic (exact) mass is 266 g/mol. The van der Waals surface area contributed by atoms with Crippen LogP contribution in [0, 0.1) is 0 Å². The molecule has 3 heteroatoms. The van der Waals surface area contributed by atoms with Crippen molar-refractivity contribution in [1.29, 1.82) is 0 Å². The van der Waals surface area contributed by atoms with Gasteiger partial charge < -0.3 is 9.80 Å². The van der Waals surface area contributed by atoms with Gasteiger partial charge >= 0.3 is 0 Å². The van der Waals surface area contributed by atoms with E-state index in [2.05, 4.69) is 61.3 Å². The van der Waals surface area contributed by atoms with Gasteiger partial charge in [-0.05, 0) is 71.5 Å². The van der Waals surface area contributed by atoms with Crippen LogP contribution in [-0.2, 0) is 0 Å². The first-order valence-electron chi connectivity index (χ1n) is 6.69. The Morgan fingerprint density at radius 3 is 2.22 bits per heavy atom. The summed E-state index contributed by atoms with van der Waals surface area (Å²) in [5.41, 5.74) is 0. The van der Waals surface area contributed by atoms with Crippen LogP contribution in [0.25, 0.3) is 0 Å². The SMILES string of the molecule is CN(C)CCCN(C)CCCSc1ccccc1. The van der Waals surface area contributed by atoms with Crippen LogP contribution < -0.4 is 0 Å². The maximum atomic E-state index is 2.44. The van der Waals surface area contributed by atoms with E-state index in [0.29, 0.717) is 0 Å². The quantitative estimate of drug-likeness (QED) is 0.501. The average molecular weight is 266 g/mol. The van der Waals surface area contributed by atoms with Crippen LogP contribution in [0.3, 0.4) is 0 Å². The maximum Gasteiger partial charge on any atom is 0.00719 e. The van der Waals surface area contributed by atoms with Gasteiger partial charge in [0.25, 0.3) is 0 Å². The molecule has 0 saturated heterocycles. The lowest BCUT2D eigenvalue weighted by Crippen LogP contribution is -2.24. The van der Waals surface area contributed by atoms with Gasteiger partial charge in [0.2, 0.25) is 0 Å². The van der Waals surface area contributed by atoms with Crippen LogP contribution in [0.15, 0.2) is 35.2 Å². The molecule has 1 aromatic carbocycles. The molecule has 18 heavy (non-hydrogen) atoms. The van der Waals surface area contributed by atoms with Crippen molar-refractivity contribution < 1.29 is 0 Å². The third-order valence-electron chi connectivity index (χ3n) is 2.84. The van der Waals surface area contributed by atoms with Crippen LogP contribution >= 0.6 is 11.8 Å². The molecule has 1 rings (SSSR count). The first kappa shape index (κ1) is 15.5. The van der Waals surface area contributed by atoms with Gasteiger partial charge in [-0.2, -0.15) is 0 Å². The third kappa shape index (κ3) is 7.75. The van der Waals surface area contributed by atoms with Gasteiger partial charge in [0, 0.05) is 4.90 Å².